The van der Waals surface area contributed by atoms with Crippen molar-refractivity contribution in [2.45, 2.75) is 33.1 Å². The second kappa shape index (κ2) is 10.8. The maximum absolute atomic E-state index is 13.4. The Balaban J connectivity index is 1.99. The highest BCUT2D eigenvalue weighted by Gasteiger charge is 2.23. The largest absolute Gasteiger partial charge is 0.492 e. The van der Waals surface area contributed by atoms with E-state index in [1.54, 1.807) is 53.6 Å². The van der Waals surface area contributed by atoms with Crippen molar-refractivity contribution in [2.75, 3.05) is 28.4 Å². The van der Waals surface area contributed by atoms with Crippen molar-refractivity contribution in [3.05, 3.63) is 71.4 Å². The van der Waals surface area contributed by atoms with Gasteiger partial charge in [0.1, 0.15) is 0 Å². The van der Waals surface area contributed by atoms with Crippen LogP contribution in [0.4, 0.5) is 17.1 Å². The third-order valence-electron chi connectivity index (χ3n) is 5.84. The third-order valence-corrected chi connectivity index (χ3v) is 6.43. The summed E-state index contributed by atoms with van der Waals surface area (Å²) < 4.78 is 33.7. The van der Waals surface area contributed by atoms with Gasteiger partial charge in [0.15, 0.2) is 5.75 Å². The van der Waals surface area contributed by atoms with E-state index in [-0.39, 0.29) is 16.9 Å². The molecule has 11 nitrogen and oxygen atoms in total. The number of aryl methyl sites for hydroxylation is 2. The molecule has 0 saturated carbocycles. The number of sulfonamides is 1. The molecule has 0 atom stereocenters. The lowest BCUT2D eigenvalue weighted by atomic mass is 9.86. The van der Waals surface area contributed by atoms with Gasteiger partial charge >= 0.3 is 0 Å². The fourth-order valence-electron chi connectivity index (χ4n) is 3.79. The van der Waals surface area contributed by atoms with Crippen LogP contribution >= 0.6 is 0 Å². The minimum absolute atomic E-state index is 0.191. The molecule has 1 heterocycles. The van der Waals surface area contributed by atoms with Gasteiger partial charge < -0.3 is 20.4 Å². The molecule has 0 saturated heterocycles. The van der Waals surface area contributed by atoms with E-state index in [2.05, 4.69) is 15.0 Å². The highest BCUT2D eigenvalue weighted by molar-refractivity contribution is 7.92. The van der Waals surface area contributed by atoms with E-state index >= 15 is 0 Å². The number of carbonyl (C=O) groups excluding carboxylic acids is 1. The number of nitrogens with zero attached hydrogens (tertiary/aromatic N) is 3. The standard InChI is InChI=1S/C26H35N7O4S/c1-16-8-9-17(10-22(16)33(28)14-19(27)23-13-29-15-32(23)5)25(34)30-20-11-18(26(2,3)4)12-21(24(20)37-6)31-38(7,35)36/h8-15,31H,27-28H2,1-7H3,(H,30,34)/b19-14-. The van der Waals surface area contributed by atoms with Crippen molar-refractivity contribution in [2.24, 2.45) is 18.6 Å². The number of hydrogen-bond acceptors (Lipinski definition) is 8. The molecule has 3 rings (SSSR count). The first-order valence-electron chi connectivity index (χ1n) is 11.7. The van der Waals surface area contributed by atoms with Gasteiger partial charge in [-0.3, -0.25) is 14.5 Å². The predicted octanol–water partition coefficient (Wildman–Crippen LogP) is 3.30. The highest BCUT2D eigenvalue weighted by Crippen LogP contribution is 2.39. The summed E-state index contributed by atoms with van der Waals surface area (Å²) in [7, 11) is -0.375. The molecule has 204 valence electrons. The van der Waals surface area contributed by atoms with Crippen molar-refractivity contribution in [3.8, 4) is 5.75 Å². The molecule has 1 aromatic heterocycles. The first-order valence-corrected chi connectivity index (χ1v) is 13.6. The summed E-state index contributed by atoms with van der Waals surface area (Å²) in [6.45, 7) is 7.82. The molecule has 12 heteroatoms. The fourth-order valence-corrected chi connectivity index (χ4v) is 4.35. The number of rotatable bonds is 8. The van der Waals surface area contributed by atoms with Gasteiger partial charge in [-0.05, 0) is 47.7 Å². The van der Waals surface area contributed by atoms with E-state index in [0.717, 1.165) is 17.4 Å². The Labute approximate surface area is 223 Å². The zero-order valence-electron chi connectivity index (χ0n) is 22.7. The lowest BCUT2D eigenvalue weighted by molar-refractivity contribution is 0.102. The number of anilines is 3. The molecular formula is C26H35N7O4S. The van der Waals surface area contributed by atoms with E-state index in [1.165, 1.54) is 12.1 Å². The van der Waals surface area contributed by atoms with E-state index in [4.69, 9.17) is 16.3 Å². The van der Waals surface area contributed by atoms with Crippen LogP contribution in [0.25, 0.3) is 5.70 Å². The average molecular weight is 542 g/mol. The molecule has 2 aromatic carbocycles. The van der Waals surface area contributed by atoms with Gasteiger partial charge in [0, 0.05) is 18.8 Å². The van der Waals surface area contributed by atoms with E-state index in [9.17, 15) is 13.2 Å². The van der Waals surface area contributed by atoms with E-state index in [0.29, 0.717) is 28.3 Å². The van der Waals surface area contributed by atoms with Crippen molar-refractivity contribution >= 4 is 38.7 Å². The molecule has 0 fully saturated rings. The van der Waals surface area contributed by atoms with Crippen molar-refractivity contribution in [1.82, 2.24) is 9.55 Å². The zero-order valence-corrected chi connectivity index (χ0v) is 23.5. The summed E-state index contributed by atoms with van der Waals surface area (Å²) in [5.74, 6) is 6.06. The Kier molecular flexibility index (Phi) is 8.08. The number of amides is 1. The van der Waals surface area contributed by atoms with Gasteiger partial charge in [-0.2, -0.15) is 0 Å². The number of benzene rings is 2. The smallest absolute Gasteiger partial charge is 0.255 e. The van der Waals surface area contributed by atoms with Crippen molar-refractivity contribution in [3.63, 3.8) is 0 Å². The van der Waals surface area contributed by atoms with Gasteiger partial charge in [-0.25, -0.2) is 19.2 Å². The van der Waals surface area contributed by atoms with Gasteiger partial charge in [0.2, 0.25) is 10.0 Å². The lowest BCUT2D eigenvalue weighted by Crippen LogP contribution is -2.27. The maximum Gasteiger partial charge on any atom is 0.255 e. The summed E-state index contributed by atoms with van der Waals surface area (Å²) in [6, 6.07) is 8.56. The number of nitrogens with one attached hydrogen (secondary N) is 2. The summed E-state index contributed by atoms with van der Waals surface area (Å²) >= 11 is 0. The van der Waals surface area contributed by atoms with Crippen molar-refractivity contribution < 1.29 is 17.9 Å². The summed E-state index contributed by atoms with van der Waals surface area (Å²) in [4.78, 5) is 17.4. The average Bonchev–Trinajstić information content (AvgIpc) is 3.23. The number of ether oxygens (including phenoxy) is 1. The molecule has 0 aliphatic carbocycles. The Morgan fingerprint density at radius 2 is 1.84 bits per heavy atom. The first kappa shape index (κ1) is 28.5. The van der Waals surface area contributed by atoms with Crippen LogP contribution in [0.2, 0.25) is 0 Å². The zero-order chi connectivity index (χ0) is 28.4. The number of methoxy groups -OCH3 is 1. The predicted molar refractivity (Wildman–Crippen MR) is 151 cm³/mol. The van der Waals surface area contributed by atoms with Crippen LogP contribution in [0.3, 0.4) is 0 Å². The minimum Gasteiger partial charge on any atom is -0.492 e. The van der Waals surface area contributed by atoms with Crippen LogP contribution in [0.15, 0.2) is 49.1 Å². The Morgan fingerprint density at radius 3 is 2.39 bits per heavy atom. The molecule has 0 aliphatic heterocycles. The van der Waals surface area contributed by atoms with Gasteiger partial charge in [-0.1, -0.05) is 26.8 Å². The second-order valence-corrected chi connectivity index (χ2v) is 11.8. The fraction of sp³-hybridized carbons (Fsp3) is 0.308. The SMILES string of the molecule is COc1c(NC(=O)c2ccc(C)c(N(N)/C=C(\N)c3cncn3C)c2)cc(C(C)(C)C)cc1NS(C)(=O)=O. The quantitative estimate of drug-likeness (QED) is 0.250. The summed E-state index contributed by atoms with van der Waals surface area (Å²) in [6.07, 6.45) is 5.87. The first-order chi connectivity index (χ1) is 17.6. The molecule has 0 unspecified atom stereocenters. The number of imidazole rings is 1. The third kappa shape index (κ3) is 6.64. The molecule has 1 amide bonds. The molecule has 6 N–H and O–H groups in total. The van der Waals surface area contributed by atoms with Crippen LogP contribution in [-0.4, -0.2) is 37.2 Å². The molecule has 3 aromatic rings. The van der Waals surface area contributed by atoms with Crippen molar-refractivity contribution in [1.29, 1.82) is 0 Å². The molecule has 0 aliphatic rings. The van der Waals surface area contributed by atoms with Gasteiger partial charge in [0.25, 0.3) is 5.91 Å². The number of nitrogens with two attached hydrogens (primary N) is 2. The number of aromatic nitrogens is 2. The summed E-state index contributed by atoms with van der Waals surface area (Å²) in [5, 5.41) is 4.21. The van der Waals surface area contributed by atoms with Crippen LogP contribution < -0.4 is 31.4 Å². The minimum atomic E-state index is -3.60. The van der Waals surface area contributed by atoms with Crippen LogP contribution in [0.1, 0.15) is 48.0 Å². The van der Waals surface area contributed by atoms with E-state index < -0.39 is 15.9 Å². The Hall–Kier alpha value is -4.03. The maximum atomic E-state index is 13.4. The van der Waals surface area contributed by atoms with Crippen LogP contribution in [0, 0.1) is 6.92 Å². The highest BCUT2D eigenvalue weighted by atomic mass is 32.2. The van der Waals surface area contributed by atoms with E-state index in [1.807, 2.05) is 34.7 Å². The topological polar surface area (TPSA) is 158 Å². The van der Waals surface area contributed by atoms with Gasteiger partial charge in [-0.15, -0.1) is 0 Å². The number of hydrazine groups is 1. The monoisotopic (exact) mass is 541 g/mol. The molecule has 38 heavy (non-hydrogen) atoms. The second-order valence-electron chi connectivity index (χ2n) is 10.1. The number of carbonyl (C=O) groups is 1. The molecule has 0 radical (unpaired) electrons. The Morgan fingerprint density at radius 1 is 1.18 bits per heavy atom. The molecular weight excluding hydrogens is 506 g/mol. The summed E-state index contributed by atoms with van der Waals surface area (Å²) in [5.41, 5.74) is 10.0. The number of hydrogen-bond donors (Lipinski definition) is 4. The van der Waals surface area contributed by atoms with Crippen LogP contribution in [0.5, 0.6) is 5.75 Å². The lowest BCUT2D eigenvalue weighted by Gasteiger charge is -2.24. The molecule has 0 bridgehead atoms. The van der Waals surface area contributed by atoms with Gasteiger partial charge in [0.05, 0.1) is 54.3 Å². The normalized spacial score (nSPS) is 12.3. The van der Waals surface area contributed by atoms with Crippen LogP contribution in [-0.2, 0) is 22.5 Å². The Bertz CT molecular complexity index is 1490. The molecule has 0 spiro atoms.